The Morgan fingerprint density at radius 2 is 1.54 bits per heavy atom. The van der Waals surface area contributed by atoms with Gasteiger partial charge in [-0.05, 0) is 23.2 Å². The monoisotopic (exact) mass is 371 g/mol. The molecule has 28 heavy (non-hydrogen) atoms. The molecule has 0 bridgehead atoms. The van der Waals surface area contributed by atoms with E-state index in [1.165, 1.54) is 10.8 Å². The normalized spacial score (nSPS) is 12.2. The summed E-state index contributed by atoms with van der Waals surface area (Å²) < 4.78 is 2.19. The number of hydrogen-bond donors (Lipinski definition) is 2. The molecule has 0 aliphatic rings. The zero-order chi connectivity index (χ0) is 19.3. The second kappa shape index (κ2) is 8.15. The molecule has 0 saturated carbocycles. The molecule has 0 amide bonds. The second-order valence-corrected chi connectivity index (χ2v) is 6.79. The highest BCUT2D eigenvalue weighted by Gasteiger charge is 2.13. The smallest absolute Gasteiger partial charge is 0.0843 e. The summed E-state index contributed by atoms with van der Waals surface area (Å²) in [4.78, 5) is 2.77. The minimum absolute atomic E-state index is 0.485. The van der Waals surface area contributed by atoms with Gasteiger partial charge >= 0.3 is 0 Å². The lowest BCUT2D eigenvalue weighted by Gasteiger charge is -2.15. The predicted octanol–water partition coefficient (Wildman–Crippen LogP) is 4.89. The van der Waals surface area contributed by atoms with Crippen LogP contribution in [0.5, 0.6) is 0 Å². The van der Waals surface area contributed by atoms with Gasteiger partial charge in [-0.3, -0.25) is 0 Å². The Morgan fingerprint density at radius 3 is 2.14 bits per heavy atom. The van der Waals surface area contributed by atoms with Gasteiger partial charge in [0.15, 0.2) is 0 Å². The molecule has 4 rings (SSSR count). The van der Waals surface area contributed by atoms with Crippen molar-refractivity contribution in [2.45, 2.75) is 19.2 Å². The Kier molecular flexibility index (Phi) is 5.26. The molecular formula is C22H21N5O. The van der Waals surface area contributed by atoms with Crippen LogP contribution in [0, 0.1) is 0 Å². The van der Waals surface area contributed by atoms with Crippen LogP contribution in [0.1, 0.15) is 5.56 Å². The minimum Gasteiger partial charge on any atom is -0.390 e. The molecule has 1 heterocycles. The lowest BCUT2D eigenvalue weighted by molar-refractivity contribution is 0.154. The van der Waals surface area contributed by atoms with Gasteiger partial charge in [0.2, 0.25) is 0 Å². The zero-order valence-electron chi connectivity index (χ0n) is 15.4. The van der Waals surface area contributed by atoms with Gasteiger partial charge in [0.25, 0.3) is 0 Å². The van der Waals surface area contributed by atoms with Crippen LogP contribution in [-0.2, 0) is 13.1 Å². The third kappa shape index (κ3) is 3.70. The second-order valence-electron chi connectivity index (χ2n) is 6.79. The van der Waals surface area contributed by atoms with Crippen molar-refractivity contribution < 1.29 is 5.11 Å². The first-order valence-electron chi connectivity index (χ1n) is 9.25. The average Bonchev–Trinajstić information content (AvgIpc) is 3.04. The van der Waals surface area contributed by atoms with Crippen LogP contribution in [0.15, 0.2) is 77.9 Å². The molecule has 1 atom stereocenters. The van der Waals surface area contributed by atoms with Gasteiger partial charge in [-0.1, -0.05) is 65.8 Å². The lowest BCUT2D eigenvalue weighted by atomic mass is 10.2. The molecular weight excluding hydrogens is 350 g/mol. The first-order chi connectivity index (χ1) is 13.8. The molecule has 4 aromatic rings. The van der Waals surface area contributed by atoms with Crippen LogP contribution in [0.4, 0.5) is 5.69 Å². The topological polar surface area (TPSA) is 86.0 Å². The SMILES string of the molecule is [N-]=[N+]=Nc1ccc(CNCC(O)Cn2c3ccccc3c3ccccc32)cc1. The van der Waals surface area contributed by atoms with Crippen molar-refractivity contribution in [3.63, 3.8) is 0 Å². The van der Waals surface area contributed by atoms with Crippen molar-refractivity contribution >= 4 is 27.5 Å². The van der Waals surface area contributed by atoms with E-state index in [1.54, 1.807) is 12.1 Å². The summed E-state index contributed by atoms with van der Waals surface area (Å²) in [5.41, 5.74) is 12.4. The Hall–Kier alpha value is -3.31. The van der Waals surface area contributed by atoms with E-state index in [0.717, 1.165) is 16.6 Å². The summed E-state index contributed by atoms with van der Waals surface area (Å²) in [6, 6.07) is 24.0. The first-order valence-corrected chi connectivity index (χ1v) is 9.25. The van der Waals surface area contributed by atoms with Crippen LogP contribution in [-0.4, -0.2) is 22.3 Å². The fraction of sp³-hybridized carbons (Fsp3) is 0.182. The fourth-order valence-electron chi connectivity index (χ4n) is 3.59. The third-order valence-electron chi connectivity index (χ3n) is 4.88. The molecule has 0 saturated heterocycles. The van der Waals surface area contributed by atoms with E-state index in [-0.39, 0.29) is 0 Å². The molecule has 0 fully saturated rings. The summed E-state index contributed by atoms with van der Waals surface area (Å²) in [5, 5.41) is 19.9. The van der Waals surface area contributed by atoms with Gasteiger partial charge in [-0.15, -0.1) is 0 Å². The van der Waals surface area contributed by atoms with E-state index in [9.17, 15) is 5.11 Å². The lowest BCUT2D eigenvalue weighted by Crippen LogP contribution is -2.29. The summed E-state index contributed by atoms with van der Waals surface area (Å²) in [6.07, 6.45) is -0.512. The first kappa shape index (κ1) is 18.1. The molecule has 1 unspecified atom stereocenters. The summed E-state index contributed by atoms with van der Waals surface area (Å²) in [7, 11) is 0. The number of rotatable bonds is 7. The Balaban J connectivity index is 1.43. The van der Waals surface area contributed by atoms with Gasteiger partial charge in [-0.25, -0.2) is 0 Å². The van der Waals surface area contributed by atoms with Crippen molar-refractivity contribution in [1.82, 2.24) is 9.88 Å². The highest BCUT2D eigenvalue weighted by Crippen LogP contribution is 2.28. The maximum atomic E-state index is 10.6. The molecule has 0 radical (unpaired) electrons. The summed E-state index contributed by atoms with van der Waals surface area (Å²) in [6.45, 7) is 1.65. The number of aliphatic hydroxyl groups excluding tert-OH is 1. The molecule has 0 aliphatic heterocycles. The van der Waals surface area contributed by atoms with Crippen LogP contribution in [0.25, 0.3) is 32.2 Å². The van der Waals surface area contributed by atoms with Crippen molar-refractivity contribution in [2.75, 3.05) is 6.54 Å². The molecule has 3 aromatic carbocycles. The van der Waals surface area contributed by atoms with Gasteiger partial charge in [-0.2, -0.15) is 0 Å². The standard InChI is InChI=1S/C22H21N5O/c23-26-25-17-11-9-16(10-12-17)13-24-14-18(28)15-27-21-7-3-1-5-19(21)20-6-2-4-8-22(20)27/h1-12,18,24,28H,13-15H2. The van der Waals surface area contributed by atoms with Crippen LogP contribution < -0.4 is 5.32 Å². The largest absolute Gasteiger partial charge is 0.390 e. The molecule has 140 valence electrons. The number of hydrogen-bond acceptors (Lipinski definition) is 3. The number of azide groups is 1. The van der Waals surface area contributed by atoms with E-state index in [1.807, 2.05) is 36.4 Å². The molecule has 0 spiro atoms. The Labute approximate surface area is 162 Å². The molecule has 6 heteroatoms. The maximum Gasteiger partial charge on any atom is 0.0843 e. The zero-order valence-corrected chi connectivity index (χ0v) is 15.4. The van der Waals surface area contributed by atoms with E-state index >= 15 is 0 Å². The minimum atomic E-state index is -0.512. The third-order valence-corrected chi connectivity index (χ3v) is 4.88. The number of aromatic nitrogens is 1. The number of para-hydroxylation sites is 2. The van der Waals surface area contributed by atoms with Crippen molar-refractivity contribution in [3.8, 4) is 0 Å². The number of aliphatic hydroxyl groups is 1. The number of benzene rings is 3. The molecule has 0 aliphatic carbocycles. The van der Waals surface area contributed by atoms with E-state index in [0.29, 0.717) is 25.3 Å². The molecule has 1 aromatic heterocycles. The van der Waals surface area contributed by atoms with Gasteiger partial charge in [0.1, 0.15) is 0 Å². The van der Waals surface area contributed by atoms with E-state index in [4.69, 9.17) is 5.53 Å². The highest BCUT2D eigenvalue weighted by atomic mass is 16.3. The van der Waals surface area contributed by atoms with Gasteiger partial charge < -0.3 is 15.0 Å². The summed E-state index contributed by atoms with van der Waals surface area (Å²) >= 11 is 0. The predicted molar refractivity (Wildman–Crippen MR) is 112 cm³/mol. The summed E-state index contributed by atoms with van der Waals surface area (Å²) in [5.74, 6) is 0. The fourth-order valence-corrected chi connectivity index (χ4v) is 3.59. The van der Waals surface area contributed by atoms with Crippen LogP contribution in [0.2, 0.25) is 0 Å². The van der Waals surface area contributed by atoms with Gasteiger partial charge in [0, 0.05) is 45.5 Å². The van der Waals surface area contributed by atoms with Crippen molar-refractivity contribution in [1.29, 1.82) is 0 Å². The Morgan fingerprint density at radius 1 is 0.929 bits per heavy atom. The Bertz CT molecular complexity index is 1090. The van der Waals surface area contributed by atoms with Crippen molar-refractivity contribution in [3.05, 3.63) is 88.8 Å². The van der Waals surface area contributed by atoms with Crippen molar-refractivity contribution in [2.24, 2.45) is 5.11 Å². The average molecular weight is 371 g/mol. The highest BCUT2D eigenvalue weighted by molar-refractivity contribution is 6.07. The van der Waals surface area contributed by atoms with E-state index < -0.39 is 6.10 Å². The quantitative estimate of drug-likeness (QED) is 0.275. The van der Waals surface area contributed by atoms with Gasteiger partial charge in [0.05, 0.1) is 12.6 Å². The number of nitrogens with zero attached hydrogens (tertiary/aromatic N) is 4. The maximum absolute atomic E-state index is 10.6. The van der Waals surface area contributed by atoms with Crippen LogP contribution in [0.3, 0.4) is 0 Å². The molecule has 6 nitrogen and oxygen atoms in total. The number of nitrogens with one attached hydrogen (secondary N) is 1. The van der Waals surface area contributed by atoms with Crippen LogP contribution >= 0.6 is 0 Å². The molecule has 2 N–H and O–H groups in total. The van der Waals surface area contributed by atoms with E-state index in [2.05, 4.69) is 44.2 Å². The number of fused-ring (bicyclic) bond motifs is 3.